The van der Waals surface area contributed by atoms with Crippen molar-refractivity contribution in [1.82, 2.24) is 14.9 Å². The van der Waals surface area contributed by atoms with Gasteiger partial charge < -0.3 is 14.6 Å². The van der Waals surface area contributed by atoms with Gasteiger partial charge in [0.15, 0.2) is 0 Å². The number of hydrogen-bond donors (Lipinski definition) is 1. The normalized spacial score (nSPS) is 17.5. The van der Waals surface area contributed by atoms with Gasteiger partial charge in [0, 0.05) is 37.9 Å². The zero-order valence-electron chi connectivity index (χ0n) is 17.7. The molecule has 2 aliphatic rings. The molecule has 166 valence electrons. The van der Waals surface area contributed by atoms with E-state index in [-0.39, 0.29) is 22.4 Å². The Hall–Kier alpha value is -3.33. The van der Waals surface area contributed by atoms with Crippen molar-refractivity contribution in [2.45, 2.75) is 36.7 Å². The van der Waals surface area contributed by atoms with Gasteiger partial charge in [-0.3, -0.25) is 9.10 Å². The van der Waals surface area contributed by atoms with E-state index in [2.05, 4.69) is 10.3 Å². The Balaban J connectivity index is 1.42. The predicted molar refractivity (Wildman–Crippen MR) is 119 cm³/mol. The molecule has 0 spiro atoms. The highest BCUT2D eigenvalue weighted by molar-refractivity contribution is 7.92. The SMILES string of the molecule is COc1ccc(S(=O)(=O)N2CCc3ccccc32)cc1C(=O)NC1CCc2nccn2C1. The molecule has 1 N–H and O–H groups in total. The van der Waals surface area contributed by atoms with E-state index in [0.717, 1.165) is 24.2 Å². The average Bonchev–Trinajstić information content (AvgIpc) is 3.45. The molecule has 2 aromatic carbocycles. The first-order valence-electron chi connectivity index (χ1n) is 10.6. The van der Waals surface area contributed by atoms with E-state index in [0.29, 0.717) is 30.9 Å². The summed E-state index contributed by atoms with van der Waals surface area (Å²) in [5, 5.41) is 3.03. The molecule has 32 heavy (non-hydrogen) atoms. The van der Waals surface area contributed by atoms with Gasteiger partial charge in [0.2, 0.25) is 0 Å². The summed E-state index contributed by atoms with van der Waals surface area (Å²) in [7, 11) is -2.35. The molecule has 0 fully saturated rings. The molecule has 1 amide bonds. The number of rotatable bonds is 5. The third-order valence-corrected chi connectivity index (χ3v) is 7.93. The lowest BCUT2D eigenvalue weighted by Gasteiger charge is -2.25. The predicted octanol–water partition coefficient (Wildman–Crippen LogP) is 2.39. The number of imidazole rings is 1. The van der Waals surface area contributed by atoms with E-state index in [1.807, 2.05) is 35.0 Å². The van der Waals surface area contributed by atoms with Gasteiger partial charge in [-0.15, -0.1) is 0 Å². The first-order valence-corrected chi connectivity index (χ1v) is 12.0. The maximum atomic E-state index is 13.4. The molecule has 1 unspecified atom stereocenters. The number of fused-ring (bicyclic) bond motifs is 2. The lowest BCUT2D eigenvalue weighted by Crippen LogP contribution is -2.41. The maximum absolute atomic E-state index is 13.4. The van der Waals surface area contributed by atoms with Crippen LogP contribution in [0, 0.1) is 0 Å². The van der Waals surface area contributed by atoms with Crippen molar-refractivity contribution in [2.24, 2.45) is 0 Å². The highest BCUT2D eigenvalue weighted by Gasteiger charge is 2.32. The van der Waals surface area contributed by atoms with Crippen LogP contribution in [0.15, 0.2) is 59.8 Å². The van der Waals surface area contributed by atoms with Gasteiger partial charge in [0.1, 0.15) is 11.6 Å². The van der Waals surface area contributed by atoms with Crippen LogP contribution in [0.5, 0.6) is 5.75 Å². The smallest absolute Gasteiger partial charge is 0.264 e. The van der Waals surface area contributed by atoms with Gasteiger partial charge in [0.05, 0.1) is 23.3 Å². The molecule has 1 aromatic heterocycles. The number of aromatic nitrogens is 2. The summed E-state index contributed by atoms with van der Waals surface area (Å²) in [6.07, 6.45) is 5.87. The van der Waals surface area contributed by atoms with Crippen LogP contribution >= 0.6 is 0 Å². The van der Waals surface area contributed by atoms with Gasteiger partial charge in [-0.2, -0.15) is 0 Å². The van der Waals surface area contributed by atoms with E-state index < -0.39 is 10.0 Å². The summed E-state index contributed by atoms with van der Waals surface area (Å²) in [5.74, 6) is 0.990. The van der Waals surface area contributed by atoms with E-state index in [4.69, 9.17) is 4.74 Å². The van der Waals surface area contributed by atoms with Crippen LogP contribution in [0.2, 0.25) is 0 Å². The Kier molecular flexibility index (Phi) is 5.13. The number of sulfonamides is 1. The molecule has 9 heteroatoms. The van der Waals surface area contributed by atoms with Crippen LogP contribution in [-0.4, -0.2) is 43.6 Å². The number of methoxy groups -OCH3 is 1. The van der Waals surface area contributed by atoms with Crippen molar-refractivity contribution in [3.05, 3.63) is 71.8 Å². The second kappa shape index (κ2) is 7.98. The molecule has 3 aromatic rings. The minimum Gasteiger partial charge on any atom is -0.496 e. The highest BCUT2D eigenvalue weighted by atomic mass is 32.2. The van der Waals surface area contributed by atoms with Crippen molar-refractivity contribution in [3.63, 3.8) is 0 Å². The summed E-state index contributed by atoms with van der Waals surface area (Å²) in [6.45, 7) is 1.01. The van der Waals surface area contributed by atoms with Crippen molar-refractivity contribution < 1.29 is 17.9 Å². The number of carbonyl (C=O) groups excluding carboxylic acids is 1. The molecule has 1 atom stereocenters. The number of carbonyl (C=O) groups is 1. The third kappa shape index (κ3) is 3.52. The summed E-state index contributed by atoms with van der Waals surface area (Å²) in [5.41, 5.74) is 1.89. The van der Waals surface area contributed by atoms with Gasteiger partial charge >= 0.3 is 0 Å². The van der Waals surface area contributed by atoms with Crippen LogP contribution in [0.4, 0.5) is 5.69 Å². The molecular formula is C23H24N4O4S. The third-order valence-electron chi connectivity index (χ3n) is 6.12. The molecule has 2 aliphatic heterocycles. The number of benzene rings is 2. The largest absolute Gasteiger partial charge is 0.496 e. The van der Waals surface area contributed by atoms with Gasteiger partial charge in [-0.05, 0) is 42.7 Å². The number of hydrogen-bond acceptors (Lipinski definition) is 5. The van der Waals surface area contributed by atoms with E-state index >= 15 is 0 Å². The Labute approximate surface area is 186 Å². The highest BCUT2D eigenvalue weighted by Crippen LogP contribution is 2.34. The number of nitrogens with one attached hydrogen (secondary N) is 1. The Bertz CT molecular complexity index is 1280. The molecule has 0 saturated carbocycles. The average molecular weight is 453 g/mol. The number of anilines is 1. The summed E-state index contributed by atoms with van der Waals surface area (Å²) in [6, 6.07) is 11.9. The van der Waals surface area contributed by atoms with E-state index in [1.165, 1.54) is 23.5 Å². The number of para-hydroxylation sites is 1. The fraction of sp³-hybridized carbons (Fsp3) is 0.304. The van der Waals surface area contributed by atoms with Crippen molar-refractivity contribution in [1.29, 1.82) is 0 Å². The van der Waals surface area contributed by atoms with Crippen LogP contribution < -0.4 is 14.4 Å². The molecule has 0 bridgehead atoms. The van der Waals surface area contributed by atoms with E-state index in [9.17, 15) is 13.2 Å². The number of aryl methyl sites for hydroxylation is 1. The quantitative estimate of drug-likeness (QED) is 0.642. The zero-order chi connectivity index (χ0) is 22.3. The number of ether oxygens (including phenoxy) is 1. The first-order chi connectivity index (χ1) is 15.5. The van der Waals surface area contributed by atoms with E-state index in [1.54, 1.807) is 12.3 Å². The van der Waals surface area contributed by atoms with Gasteiger partial charge in [-0.25, -0.2) is 13.4 Å². The van der Waals surface area contributed by atoms with Crippen molar-refractivity contribution in [2.75, 3.05) is 18.0 Å². The molecule has 3 heterocycles. The topological polar surface area (TPSA) is 93.5 Å². The zero-order valence-corrected chi connectivity index (χ0v) is 18.5. The van der Waals surface area contributed by atoms with Crippen molar-refractivity contribution >= 4 is 21.6 Å². The molecule has 8 nitrogen and oxygen atoms in total. The summed E-state index contributed by atoms with van der Waals surface area (Å²) in [4.78, 5) is 17.5. The molecule has 0 saturated heterocycles. The van der Waals surface area contributed by atoms with Crippen LogP contribution in [0.3, 0.4) is 0 Å². The second-order valence-corrected chi connectivity index (χ2v) is 9.89. The molecule has 0 radical (unpaired) electrons. The summed E-state index contributed by atoms with van der Waals surface area (Å²) < 4.78 is 35.6. The minimum atomic E-state index is -3.81. The van der Waals surface area contributed by atoms with Gasteiger partial charge in [-0.1, -0.05) is 18.2 Å². The minimum absolute atomic E-state index is 0.0698. The number of amides is 1. The lowest BCUT2D eigenvalue weighted by molar-refractivity contribution is 0.0924. The standard InChI is InChI=1S/C23H24N4O4S/c1-31-21-8-7-18(32(29,30)27-12-10-16-4-2-3-5-20(16)27)14-19(21)23(28)25-17-6-9-22-24-11-13-26(22)15-17/h2-5,7-8,11,13-14,17H,6,9-10,12,15H2,1H3,(H,25,28). The fourth-order valence-electron chi connectivity index (χ4n) is 4.46. The fourth-order valence-corrected chi connectivity index (χ4v) is 5.99. The second-order valence-electron chi connectivity index (χ2n) is 8.02. The summed E-state index contributed by atoms with van der Waals surface area (Å²) >= 11 is 0. The molecular weight excluding hydrogens is 428 g/mol. The van der Waals surface area contributed by atoms with Crippen molar-refractivity contribution in [3.8, 4) is 5.75 Å². The number of nitrogens with zero attached hydrogens (tertiary/aromatic N) is 3. The Morgan fingerprint density at radius 1 is 1.19 bits per heavy atom. The monoisotopic (exact) mass is 452 g/mol. The first kappa shape index (κ1) is 20.6. The Morgan fingerprint density at radius 2 is 2.03 bits per heavy atom. The van der Waals surface area contributed by atoms with Gasteiger partial charge in [0.25, 0.3) is 15.9 Å². The van der Waals surface area contributed by atoms with Crippen LogP contribution in [-0.2, 0) is 29.4 Å². The maximum Gasteiger partial charge on any atom is 0.264 e. The van der Waals surface area contributed by atoms with Crippen LogP contribution in [0.1, 0.15) is 28.2 Å². The molecule has 5 rings (SSSR count). The molecule has 0 aliphatic carbocycles. The van der Waals surface area contributed by atoms with Crippen LogP contribution in [0.25, 0.3) is 0 Å². The lowest BCUT2D eigenvalue weighted by atomic mass is 10.1. The Morgan fingerprint density at radius 3 is 2.88 bits per heavy atom.